The lowest BCUT2D eigenvalue weighted by atomic mass is 10.1. The zero-order chi connectivity index (χ0) is 16.2. The Labute approximate surface area is 132 Å². The van der Waals surface area contributed by atoms with Gasteiger partial charge in [-0.25, -0.2) is 4.39 Å². The number of amides is 1. The van der Waals surface area contributed by atoms with E-state index in [1.54, 1.807) is 12.1 Å². The average Bonchev–Trinajstić information content (AvgIpc) is 2.96. The van der Waals surface area contributed by atoms with Crippen molar-refractivity contribution >= 4 is 11.9 Å². The lowest BCUT2D eigenvalue weighted by Gasteiger charge is -2.28. The maximum atomic E-state index is 12.9. The Bertz CT molecular complexity index is 673. The Kier molecular flexibility index (Phi) is 4.63. The summed E-state index contributed by atoms with van der Waals surface area (Å²) in [5, 5.41) is 9.38. The van der Waals surface area contributed by atoms with Gasteiger partial charge in [0.25, 0.3) is 5.91 Å². The number of likely N-dealkylation sites (N-methyl/N-ethyl adjacent to an activating group) is 1. The zero-order valence-electron chi connectivity index (χ0n) is 12.8. The summed E-state index contributed by atoms with van der Waals surface area (Å²) in [6.07, 6.45) is -0.0426. The second-order valence-electron chi connectivity index (χ2n) is 5.52. The van der Waals surface area contributed by atoms with E-state index in [9.17, 15) is 9.18 Å². The number of carbonyl (C=O) groups excluding carboxylic acids is 1. The second kappa shape index (κ2) is 6.84. The molecule has 2 aromatic rings. The van der Waals surface area contributed by atoms with Gasteiger partial charge in [-0.1, -0.05) is 12.1 Å². The van der Waals surface area contributed by atoms with Gasteiger partial charge in [0.05, 0.1) is 6.61 Å². The van der Waals surface area contributed by atoms with E-state index in [0.717, 1.165) is 12.1 Å². The largest absolute Gasteiger partial charge is 0.366 e. The first-order valence-corrected chi connectivity index (χ1v) is 7.37. The van der Waals surface area contributed by atoms with Crippen molar-refractivity contribution in [3.8, 4) is 0 Å². The van der Waals surface area contributed by atoms with Gasteiger partial charge in [0, 0.05) is 19.5 Å². The number of aromatic nitrogens is 3. The molecular weight excluding hydrogens is 301 g/mol. The van der Waals surface area contributed by atoms with Crippen LogP contribution in [-0.2, 0) is 16.0 Å². The number of rotatable bonds is 4. The third kappa shape index (κ3) is 4.11. The summed E-state index contributed by atoms with van der Waals surface area (Å²) < 4.78 is 18.3. The smallest absolute Gasteiger partial charge is 0.257 e. The van der Waals surface area contributed by atoms with E-state index in [2.05, 4.69) is 20.5 Å². The minimum atomic E-state index is -0.521. The van der Waals surface area contributed by atoms with E-state index in [4.69, 9.17) is 4.74 Å². The van der Waals surface area contributed by atoms with Gasteiger partial charge < -0.3 is 9.64 Å². The Balaban J connectivity index is 1.58. The van der Waals surface area contributed by atoms with Crippen molar-refractivity contribution in [1.82, 2.24) is 20.1 Å². The molecule has 7 nitrogen and oxygen atoms in total. The summed E-state index contributed by atoms with van der Waals surface area (Å²) >= 11 is 0. The Morgan fingerprint density at radius 2 is 2.26 bits per heavy atom. The molecule has 2 N–H and O–H groups in total. The van der Waals surface area contributed by atoms with Crippen LogP contribution in [0.15, 0.2) is 24.3 Å². The first-order chi connectivity index (χ1) is 11.1. The fourth-order valence-corrected chi connectivity index (χ4v) is 2.35. The molecule has 1 aromatic heterocycles. The maximum Gasteiger partial charge on any atom is 0.257 e. The fraction of sp³-hybridized carbons (Fsp3) is 0.400. The summed E-state index contributed by atoms with van der Waals surface area (Å²) in [5.74, 6) is 0.262. The predicted octanol–water partition coefficient (Wildman–Crippen LogP) is 0.804. The summed E-state index contributed by atoms with van der Waals surface area (Å²) in [4.78, 5) is 18.4. The highest BCUT2D eigenvalue weighted by molar-refractivity contribution is 5.92. The zero-order valence-corrected chi connectivity index (χ0v) is 12.8. The Morgan fingerprint density at radius 1 is 1.48 bits per heavy atom. The molecule has 0 spiro atoms. The van der Waals surface area contributed by atoms with Crippen molar-refractivity contribution in [2.24, 2.45) is 0 Å². The van der Waals surface area contributed by atoms with Crippen molar-refractivity contribution in [2.75, 3.05) is 32.1 Å². The number of halogens is 1. The van der Waals surface area contributed by atoms with Crippen molar-refractivity contribution in [3.05, 3.63) is 41.5 Å². The maximum absolute atomic E-state index is 12.9. The molecule has 3 rings (SSSR count). The quantitative estimate of drug-likeness (QED) is 0.871. The average molecular weight is 319 g/mol. The van der Waals surface area contributed by atoms with Crippen LogP contribution in [0.4, 0.5) is 10.3 Å². The van der Waals surface area contributed by atoms with Crippen LogP contribution >= 0.6 is 0 Å². The molecule has 1 atom stereocenters. The molecule has 1 aliphatic heterocycles. The van der Waals surface area contributed by atoms with E-state index in [-0.39, 0.29) is 17.7 Å². The first kappa shape index (κ1) is 15.6. The van der Waals surface area contributed by atoms with Crippen LogP contribution in [-0.4, -0.2) is 58.8 Å². The Hall–Kier alpha value is -2.32. The van der Waals surface area contributed by atoms with E-state index in [1.807, 2.05) is 11.9 Å². The summed E-state index contributed by atoms with van der Waals surface area (Å²) in [6.45, 7) is 1.88. The van der Waals surface area contributed by atoms with Gasteiger partial charge in [-0.05, 0) is 24.7 Å². The molecule has 1 saturated heterocycles. The molecular formula is C15H18FN5O2. The highest BCUT2D eigenvalue weighted by Gasteiger charge is 2.25. The van der Waals surface area contributed by atoms with Gasteiger partial charge in [0.15, 0.2) is 0 Å². The first-order valence-electron chi connectivity index (χ1n) is 7.37. The number of nitrogens with zero attached hydrogens (tertiary/aromatic N) is 3. The highest BCUT2D eigenvalue weighted by Crippen LogP contribution is 2.10. The predicted molar refractivity (Wildman–Crippen MR) is 81.5 cm³/mol. The number of nitrogens with one attached hydrogen (secondary N) is 2. The molecule has 0 radical (unpaired) electrons. The van der Waals surface area contributed by atoms with Crippen molar-refractivity contribution in [2.45, 2.75) is 12.5 Å². The fourth-order valence-electron chi connectivity index (χ4n) is 2.35. The van der Waals surface area contributed by atoms with Gasteiger partial charge in [-0.15, -0.1) is 5.10 Å². The number of benzene rings is 1. The second-order valence-corrected chi connectivity index (χ2v) is 5.52. The summed E-state index contributed by atoms with van der Waals surface area (Å²) in [5.41, 5.74) is 0.901. The molecule has 1 amide bonds. The van der Waals surface area contributed by atoms with Crippen LogP contribution in [0.25, 0.3) is 0 Å². The lowest BCUT2D eigenvalue weighted by Crippen LogP contribution is -2.46. The lowest BCUT2D eigenvalue weighted by molar-refractivity contribution is -0.132. The van der Waals surface area contributed by atoms with Crippen molar-refractivity contribution in [1.29, 1.82) is 0 Å². The third-order valence-corrected chi connectivity index (χ3v) is 3.61. The van der Waals surface area contributed by atoms with E-state index < -0.39 is 6.10 Å². The molecule has 0 bridgehead atoms. The number of hydrogen-bond donors (Lipinski definition) is 2. The van der Waals surface area contributed by atoms with Gasteiger partial charge in [-0.3, -0.25) is 15.2 Å². The number of ether oxygens (including phenoxy) is 1. The third-order valence-electron chi connectivity index (χ3n) is 3.61. The van der Waals surface area contributed by atoms with Gasteiger partial charge >= 0.3 is 0 Å². The van der Waals surface area contributed by atoms with E-state index >= 15 is 0 Å². The van der Waals surface area contributed by atoms with Crippen LogP contribution < -0.4 is 5.32 Å². The standard InChI is InChI=1S/C15H18FN5O2/c1-21-6-7-23-12(9-21)14(22)18-15-17-13(19-20-15)8-10-2-4-11(16)5-3-10/h2-5,12H,6-9H2,1H3,(H2,17,18,19,20,22)/t12-/m0/s1. The van der Waals surface area contributed by atoms with Crippen LogP contribution in [0.5, 0.6) is 0 Å². The SMILES string of the molecule is CN1CCO[C@H](C(=O)Nc2n[nH]c(Cc3ccc(F)cc3)n2)C1. The number of anilines is 1. The molecule has 23 heavy (non-hydrogen) atoms. The summed E-state index contributed by atoms with van der Waals surface area (Å²) in [6, 6.07) is 6.15. The van der Waals surface area contributed by atoms with Gasteiger partial charge in [-0.2, -0.15) is 4.98 Å². The molecule has 0 saturated carbocycles. The number of hydrogen-bond acceptors (Lipinski definition) is 5. The monoisotopic (exact) mass is 319 g/mol. The minimum absolute atomic E-state index is 0.212. The molecule has 1 aliphatic rings. The van der Waals surface area contributed by atoms with E-state index in [0.29, 0.717) is 25.4 Å². The minimum Gasteiger partial charge on any atom is -0.366 e. The normalized spacial score (nSPS) is 18.8. The number of aromatic amines is 1. The summed E-state index contributed by atoms with van der Waals surface area (Å²) in [7, 11) is 1.94. The number of morpholine rings is 1. The molecule has 0 unspecified atom stereocenters. The molecule has 2 heterocycles. The van der Waals surface area contributed by atoms with Gasteiger partial charge in [0.1, 0.15) is 17.7 Å². The van der Waals surface area contributed by atoms with Crippen LogP contribution in [0, 0.1) is 5.82 Å². The molecule has 122 valence electrons. The molecule has 0 aliphatic carbocycles. The molecule has 1 aromatic carbocycles. The molecule has 1 fully saturated rings. The van der Waals surface area contributed by atoms with E-state index in [1.165, 1.54) is 12.1 Å². The van der Waals surface area contributed by atoms with Crippen LogP contribution in [0.3, 0.4) is 0 Å². The van der Waals surface area contributed by atoms with Gasteiger partial charge in [0.2, 0.25) is 5.95 Å². The number of carbonyl (C=O) groups is 1. The number of H-pyrrole nitrogens is 1. The van der Waals surface area contributed by atoms with Crippen molar-refractivity contribution in [3.63, 3.8) is 0 Å². The van der Waals surface area contributed by atoms with Crippen LogP contribution in [0.1, 0.15) is 11.4 Å². The Morgan fingerprint density at radius 3 is 3.00 bits per heavy atom. The molecule has 8 heteroatoms. The van der Waals surface area contributed by atoms with Crippen molar-refractivity contribution < 1.29 is 13.9 Å². The highest BCUT2D eigenvalue weighted by atomic mass is 19.1. The topological polar surface area (TPSA) is 83.1 Å². The van der Waals surface area contributed by atoms with Crippen LogP contribution in [0.2, 0.25) is 0 Å².